The molecule has 0 unspecified atom stereocenters. The van der Waals surface area contributed by atoms with Crippen LogP contribution in [0.25, 0.3) is 0 Å². The maximum absolute atomic E-state index is 13.0. The van der Waals surface area contributed by atoms with Gasteiger partial charge in [-0.3, -0.25) is 4.90 Å². The quantitative estimate of drug-likeness (QED) is 0.851. The van der Waals surface area contributed by atoms with Crippen molar-refractivity contribution in [1.82, 2.24) is 14.9 Å². The average Bonchev–Trinajstić information content (AvgIpc) is 2.57. The van der Waals surface area contributed by atoms with Crippen molar-refractivity contribution in [3.8, 4) is 0 Å². The fourth-order valence-corrected chi connectivity index (χ4v) is 3.41. The van der Waals surface area contributed by atoms with Crippen LogP contribution in [0.3, 0.4) is 0 Å². The maximum Gasteiger partial charge on any atom is 0.225 e. The van der Waals surface area contributed by atoms with Gasteiger partial charge >= 0.3 is 0 Å². The summed E-state index contributed by atoms with van der Waals surface area (Å²) in [6.07, 6.45) is 3.28. The first-order valence-electron chi connectivity index (χ1n) is 8.16. The molecule has 3 heterocycles. The van der Waals surface area contributed by atoms with E-state index >= 15 is 0 Å². The van der Waals surface area contributed by atoms with Crippen LogP contribution in [0.15, 0.2) is 36.7 Å². The highest BCUT2D eigenvalue weighted by molar-refractivity contribution is 6.30. The van der Waals surface area contributed by atoms with Crippen LogP contribution in [0.2, 0.25) is 5.02 Å². The fraction of sp³-hybridized carbons (Fsp3) is 0.412. The summed E-state index contributed by atoms with van der Waals surface area (Å²) in [5.74, 6) is 0.567. The molecular formula is C17H19ClFN5. The van der Waals surface area contributed by atoms with Gasteiger partial charge in [0.05, 0.1) is 17.4 Å². The van der Waals surface area contributed by atoms with E-state index in [-0.39, 0.29) is 5.82 Å². The number of anilines is 2. The highest BCUT2D eigenvalue weighted by Gasteiger charge is 2.34. The van der Waals surface area contributed by atoms with Gasteiger partial charge in [0.25, 0.3) is 0 Å². The molecule has 2 saturated heterocycles. The number of hydrogen-bond acceptors (Lipinski definition) is 5. The monoisotopic (exact) mass is 347 g/mol. The van der Waals surface area contributed by atoms with Crippen molar-refractivity contribution in [2.75, 3.05) is 49.1 Å². The third-order valence-corrected chi connectivity index (χ3v) is 4.97. The molecule has 126 valence electrons. The first kappa shape index (κ1) is 15.6. The second kappa shape index (κ2) is 6.53. The Hall–Kier alpha value is -1.92. The Morgan fingerprint density at radius 3 is 2.17 bits per heavy atom. The van der Waals surface area contributed by atoms with Gasteiger partial charge in [0.2, 0.25) is 5.95 Å². The summed E-state index contributed by atoms with van der Waals surface area (Å²) in [7, 11) is 0. The Bertz CT molecular complexity index is 679. The number of nitrogens with zero attached hydrogens (tertiary/aromatic N) is 5. The Kier molecular flexibility index (Phi) is 4.24. The van der Waals surface area contributed by atoms with Crippen molar-refractivity contribution < 1.29 is 4.39 Å². The Labute approximate surface area is 145 Å². The maximum atomic E-state index is 13.0. The Balaban J connectivity index is 1.28. The van der Waals surface area contributed by atoms with Crippen molar-refractivity contribution in [2.24, 2.45) is 0 Å². The van der Waals surface area contributed by atoms with E-state index in [1.54, 1.807) is 12.4 Å². The van der Waals surface area contributed by atoms with Crippen LogP contribution >= 0.6 is 11.6 Å². The largest absolute Gasteiger partial charge is 0.369 e. The molecule has 7 heteroatoms. The lowest BCUT2D eigenvalue weighted by atomic mass is 10.1. The second-order valence-electron chi connectivity index (χ2n) is 6.26. The van der Waals surface area contributed by atoms with Crippen molar-refractivity contribution >= 4 is 23.2 Å². The van der Waals surface area contributed by atoms with Crippen LogP contribution in [0.5, 0.6) is 0 Å². The lowest BCUT2D eigenvalue weighted by molar-refractivity contribution is 0.156. The van der Waals surface area contributed by atoms with Gasteiger partial charge in [-0.25, -0.2) is 14.4 Å². The van der Waals surface area contributed by atoms with E-state index in [4.69, 9.17) is 11.6 Å². The van der Waals surface area contributed by atoms with Crippen LogP contribution < -0.4 is 9.80 Å². The Morgan fingerprint density at radius 2 is 1.54 bits per heavy atom. The number of rotatable bonds is 3. The standard InChI is InChI=1S/C17H19ClFN5/c18-13-9-20-17(21-10-13)24-11-16(12-24)23-7-5-22(6-8-23)15-3-1-14(19)2-4-15/h1-4,9-10,16H,5-8,11-12H2. The summed E-state index contributed by atoms with van der Waals surface area (Å²) in [6.45, 7) is 5.91. The summed E-state index contributed by atoms with van der Waals surface area (Å²) in [4.78, 5) is 15.5. The van der Waals surface area contributed by atoms with Crippen molar-refractivity contribution in [2.45, 2.75) is 6.04 Å². The number of halogens is 2. The summed E-state index contributed by atoms with van der Waals surface area (Å²) in [5.41, 5.74) is 1.10. The van der Waals surface area contributed by atoms with Crippen LogP contribution in [0.4, 0.5) is 16.0 Å². The van der Waals surface area contributed by atoms with E-state index in [2.05, 4.69) is 24.7 Å². The van der Waals surface area contributed by atoms with E-state index in [0.717, 1.165) is 50.9 Å². The van der Waals surface area contributed by atoms with E-state index in [1.807, 2.05) is 12.1 Å². The predicted molar refractivity (Wildman–Crippen MR) is 93.2 cm³/mol. The molecule has 5 nitrogen and oxygen atoms in total. The summed E-state index contributed by atoms with van der Waals surface area (Å²) >= 11 is 5.82. The smallest absolute Gasteiger partial charge is 0.225 e. The molecule has 0 atom stereocenters. The van der Waals surface area contributed by atoms with Gasteiger partial charge < -0.3 is 9.80 Å². The molecule has 0 bridgehead atoms. The second-order valence-corrected chi connectivity index (χ2v) is 6.70. The molecule has 0 aliphatic carbocycles. The normalized spacial score (nSPS) is 19.4. The lowest BCUT2D eigenvalue weighted by Gasteiger charge is -2.48. The minimum absolute atomic E-state index is 0.184. The molecule has 2 aromatic rings. The number of piperazine rings is 1. The minimum atomic E-state index is -0.184. The molecule has 2 aliphatic rings. The lowest BCUT2D eigenvalue weighted by Crippen LogP contribution is -2.63. The van der Waals surface area contributed by atoms with Gasteiger partial charge in [-0.1, -0.05) is 11.6 Å². The van der Waals surface area contributed by atoms with Gasteiger partial charge in [0.1, 0.15) is 5.82 Å². The van der Waals surface area contributed by atoms with Gasteiger partial charge in [-0.15, -0.1) is 0 Å². The highest BCUT2D eigenvalue weighted by Crippen LogP contribution is 2.23. The molecule has 0 N–H and O–H groups in total. The van der Waals surface area contributed by atoms with Crippen molar-refractivity contribution in [1.29, 1.82) is 0 Å². The van der Waals surface area contributed by atoms with E-state index in [9.17, 15) is 4.39 Å². The Morgan fingerprint density at radius 1 is 0.917 bits per heavy atom. The fourth-order valence-electron chi connectivity index (χ4n) is 3.32. The van der Waals surface area contributed by atoms with Crippen LogP contribution in [0, 0.1) is 5.82 Å². The zero-order chi connectivity index (χ0) is 16.5. The zero-order valence-corrected chi connectivity index (χ0v) is 14.0. The zero-order valence-electron chi connectivity index (χ0n) is 13.3. The van der Waals surface area contributed by atoms with E-state index < -0.39 is 0 Å². The SMILES string of the molecule is Fc1ccc(N2CCN(C3CN(c4ncc(Cl)cn4)C3)CC2)cc1. The molecule has 2 fully saturated rings. The van der Waals surface area contributed by atoms with E-state index in [0.29, 0.717) is 11.1 Å². The molecular weight excluding hydrogens is 329 g/mol. The molecule has 24 heavy (non-hydrogen) atoms. The van der Waals surface area contributed by atoms with Gasteiger partial charge in [0.15, 0.2) is 0 Å². The molecule has 1 aromatic heterocycles. The van der Waals surface area contributed by atoms with E-state index in [1.165, 1.54) is 12.1 Å². The van der Waals surface area contributed by atoms with Crippen LogP contribution in [-0.4, -0.2) is 60.2 Å². The molecule has 1 aromatic carbocycles. The highest BCUT2D eigenvalue weighted by atomic mass is 35.5. The van der Waals surface area contributed by atoms with Crippen LogP contribution in [0.1, 0.15) is 0 Å². The van der Waals surface area contributed by atoms with Crippen molar-refractivity contribution in [3.05, 3.63) is 47.5 Å². The van der Waals surface area contributed by atoms with Crippen LogP contribution in [-0.2, 0) is 0 Å². The topological polar surface area (TPSA) is 35.5 Å². The van der Waals surface area contributed by atoms with Crippen molar-refractivity contribution in [3.63, 3.8) is 0 Å². The molecule has 0 spiro atoms. The minimum Gasteiger partial charge on any atom is -0.369 e. The van der Waals surface area contributed by atoms with Gasteiger partial charge in [-0.05, 0) is 24.3 Å². The summed E-state index contributed by atoms with van der Waals surface area (Å²) in [6, 6.07) is 7.32. The molecule has 2 aliphatic heterocycles. The predicted octanol–water partition coefficient (Wildman–Crippen LogP) is 2.28. The van der Waals surface area contributed by atoms with Gasteiger partial charge in [0, 0.05) is 51.0 Å². The first-order valence-corrected chi connectivity index (χ1v) is 8.54. The average molecular weight is 348 g/mol. The molecule has 0 amide bonds. The first-order chi connectivity index (χ1) is 11.7. The number of benzene rings is 1. The molecule has 0 saturated carbocycles. The molecule has 4 rings (SSSR count). The third kappa shape index (κ3) is 3.16. The summed E-state index contributed by atoms with van der Waals surface area (Å²) < 4.78 is 13.0. The molecule has 0 radical (unpaired) electrons. The summed E-state index contributed by atoms with van der Waals surface area (Å²) in [5, 5.41) is 0.563. The number of aromatic nitrogens is 2. The third-order valence-electron chi connectivity index (χ3n) is 4.77. The number of hydrogen-bond donors (Lipinski definition) is 0. The van der Waals surface area contributed by atoms with Gasteiger partial charge in [-0.2, -0.15) is 0 Å².